The van der Waals surface area contributed by atoms with E-state index in [0.717, 1.165) is 19.4 Å². The average molecular weight is 265 g/mol. The zero-order valence-corrected chi connectivity index (χ0v) is 12.5. The third-order valence-corrected chi connectivity index (χ3v) is 4.86. The minimum absolute atomic E-state index is 0.389. The summed E-state index contributed by atoms with van der Waals surface area (Å²) in [6.07, 6.45) is 1.81. The van der Waals surface area contributed by atoms with Crippen molar-refractivity contribution in [1.82, 2.24) is 13.9 Å². The molecule has 0 rings (SSSR count). The Morgan fingerprint density at radius 1 is 1.24 bits per heavy atom. The van der Waals surface area contributed by atoms with E-state index in [-0.39, 0.29) is 0 Å². The first-order valence-corrected chi connectivity index (χ1v) is 7.58. The van der Waals surface area contributed by atoms with Gasteiger partial charge in [-0.1, -0.05) is 20.3 Å². The number of hydrogen-bond acceptors (Lipinski definition) is 3. The van der Waals surface area contributed by atoms with Gasteiger partial charge in [0.15, 0.2) is 0 Å². The highest BCUT2D eigenvalue weighted by Crippen LogP contribution is 2.09. The monoisotopic (exact) mass is 265 g/mol. The van der Waals surface area contributed by atoms with E-state index in [1.807, 2.05) is 7.05 Å². The minimum atomic E-state index is -3.29. The zero-order chi connectivity index (χ0) is 13.5. The Kier molecular flexibility index (Phi) is 7.94. The number of nitrogens with one attached hydrogen (secondary N) is 1. The average Bonchev–Trinajstić information content (AvgIpc) is 2.28. The van der Waals surface area contributed by atoms with Gasteiger partial charge in [-0.3, -0.25) is 0 Å². The Balaban J connectivity index is 4.33. The number of hydrogen-bond donors (Lipinski definition) is 1. The van der Waals surface area contributed by atoms with Crippen LogP contribution in [0.4, 0.5) is 0 Å². The van der Waals surface area contributed by atoms with Crippen LogP contribution in [0.3, 0.4) is 0 Å². The molecule has 0 aliphatic carbocycles. The predicted octanol–water partition coefficient (Wildman–Crippen LogP) is 0.750. The van der Waals surface area contributed by atoms with Gasteiger partial charge in [-0.25, -0.2) is 0 Å². The van der Waals surface area contributed by atoms with Crippen LogP contribution in [0.1, 0.15) is 26.7 Å². The van der Waals surface area contributed by atoms with Crippen molar-refractivity contribution >= 4 is 10.2 Å². The lowest BCUT2D eigenvalue weighted by Crippen LogP contribution is -2.42. The second kappa shape index (κ2) is 8.02. The summed E-state index contributed by atoms with van der Waals surface area (Å²) in [4.78, 5) is 0. The molecule has 104 valence electrons. The second-order valence-electron chi connectivity index (χ2n) is 4.58. The molecule has 0 bridgehead atoms. The van der Waals surface area contributed by atoms with E-state index in [9.17, 15) is 8.42 Å². The molecule has 1 atom stereocenters. The maximum absolute atomic E-state index is 12.1. The molecule has 0 amide bonds. The van der Waals surface area contributed by atoms with Gasteiger partial charge in [0, 0.05) is 27.2 Å². The summed E-state index contributed by atoms with van der Waals surface area (Å²) in [5, 5.41) is 3.01. The van der Waals surface area contributed by atoms with Crippen LogP contribution in [0.5, 0.6) is 0 Å². The summed E-state index contributed by atoms with van der Waals surface area (Å²) < 4.78 is 27.1. The molecular weight excluding hydrogens is 238 g/mol. The Labute approximate surface area is 106 Å². The molecule has 1 unspecified atom stereocenters. The summed E-state index contributed by atoms with van der Waals surface area (Å²) in [5.74, 6) is 0.389. The lowest BCUT2D eigenvalue weighted by atomic mass is 10.1. The van der Waals surface area contributed by atoms with Crippen LogP contribution in [0, 0.1) is 5.92 Å². The van der Waals surface area contributed by atoms with Gasteiger partial charge < -0.3 is 5.32 Å². The van der Waals surface area contributed by atoms with Gasteiger partial charge >= 0.3 is 0 Å². The topological polar surface area (TPSA) is 52.7 Å². The van der Waals surface area contributed by atoms with E-state index in [4.69, 9.17) is 0 Å². The highest BCUT2D eigenvalue weighted by atomic mass is 32.2. The maximum atomic E-state index is 12.1. The third-order valence-electron chi connectivity index (χ3n) is 2.95. The fourth-order valence-corrected chi connectivity index (χ4v) is 2.77. The van der Waals surface area contributed by atoms with Crippen molar-refractivity contribution in [3.8, 4) is 0 Å². The summed E-state index contributed by atoms with van der Waals surface area (Å²) in [6, 6.07) is 0. The van der Waals surface area contributed by atoms with Crippen molar-refractivity contribution in [3.63, 3.8) is 0 Å². The van der Waals surface area contributed by atoms with Crippen LogP contribution in [0.15, 0.2) is 0 Å². The molecule has 0 aromatic rings. The molecule has 6 heteroatoms. The first-order chi connectivity index (χ1) is 7.86. The fourth-order valence-electron chi connectivity index (χ4n) is 1.49. The number of nitrogens with zero attached hydrogens (tertiary/aromatic N) is 2. The van der Waals surface area contributed by atoms with Crippen molar-refractivity contribution in [2.75, 3.05) is 40.8 Å². The van der Waals surface area contributed by atoms with Crippen LogP contribution >= 0.6 is 0 Å². The molecule has 17 heavy (non-hydrogen) atoms. The van der Waals surface area contributed by atoms with E-state index in [2.05, 4.69) is 19.2 Å². The molecule has 0 spiro atoms. The van der Waals surface area contributed by atoms with E-state index in [1.54, 1.807) is 14.1 Å². The van der Waals surface area contributed by atoms with E-state index in [1.165, 1.54) is 8.61 Å². The van der Waals surface area contributed by atoms with Crippen LogP contribution < -0.4 is 5.32 Å². The summed E-state index contributed by atoms with van der Waals surface area (Å²) >= 11 is 0. The quantitative estimate of drug-likeness (QED) is 0.626. The maximum Gasteiger partial charge on any atom is 0.281 e. The van der Waals surface area contributed by atoms with Gasteiger partial charge in [0.25, 0.3) is 10.2 Å². The van der Waals surface area contributed by atoms with E-state index in [0.29, 0.717) is 19.0 Å². The Hall–Kier alpha value is -0.170. The molecule has 0 saturated carbocycles. The van der Waals surface area contributed by atoms with Gasteiger partial charge in [0.2, 0.25) is 0 Å². The summed E-state index contributed by atoms with van der Waals surface area (Å²) in [6.45, 7) is 6.09. The first-order valence-electron chi connectivity index (χ1n) is 6.18. The van der Waals surface area contributed by atoms with E-state index >= 15 is 0 Å². The van der Waals surface area contributed by atoms with E-state index < -0.39 is 10.2 Å². The Morgan fingerprint density at radius 2 is 1.82 bits per heavy atom. The normalized spacial score (nSPS) is 14.5. The zero-order valence-electron chi connectivity index (χ0n) is 11.7. The molecule has 0 fully saturated rings. The smallest absolute Gasteiger partial charge is 0.281 e. The SMILES string of the molecule is CCC(C)CN(C)S(=O)(=O)N(C)CCCNC. The van der Waals surface area contributed by atoms with Gasteiger partial charge in [-0.2, -0.15) is 17.0 Å². The molecular formula is C11H27N3O2S. The molecule has 0 saturated heterocycles. The highest BCUT2D eigenvalue weighted by Gasteiger charge is 2.23. The lowest BCUT2D eigenvalue weighted by molar-refractivity contribution is 0.352. The molecule has 0 aromatic carbocycles. The van der Waals surface area contributed by atoms with Gasteiger partial charge in [-0.15, -0.1) is 0 Å². The highest BCUT2D eigenvalue weighted by molar-refractivity contribution is 7.86. The molecule has 1 N–H and O–H groups in total. The molecule has 0 aliphatic rings. The Bertz CT molecular complexity index is 293. The van der Waals surface area contributed by atoms with Gasteiger partial charge in [-0.05, 0) is 25.9 Å². The minimum Gasteiger partial charge on any atom is -0.320 e. The molecule has 0 aromatic heterocycles. The molecule has 0 heterocycles. The number of rotatable bonds is 9. The third kappa shape index (κ3) is 5.81. The lowest BCUT2D eigenvalue weighted by Gasteiger charge is -2.26. The van der Waals surface area contributed by atoms with Crippen molar-refractivity contribution < 1.29 is 8.42 Å². The second-order valence-corrected chi connectivity index (χ2v) is 6.72. The van der Waals surface area contributed by atoms with Crippen molar-refractivity contribution in [1.29, 1.82) is 0 Å². The standard InChI is InChI=1S/C11H27N3O2S/c1-6-11(2)10-14(5)17(15,16)13(4)9-7-8-12-3/h11-12H,6-10H2,1-5H3. The summed E-state index contributed by atoms with van der Waals surface area (Å²) in [5.41, 5.74) is 0. The van der Waals surface area contributed by atoms with Crippen molar-refractivity contribution in [2.24, 2.45) is 5.92 Å². The molecule has 0 aliphatic heterocycles. The predicted molar refractivity (Wildman–Crippen MR) is 72.2 cm³/mol. The largest absolute Gasteiger partial charge is 0.320 e. The Morgan fingerprint density at radius 3 is 2.29 bits per heavy atom. The first kappa shape index (κ1) is 16.8. The summed E-state index contributed by atoms with van der Waals surface area (Å²) in [7, 11) is 1.86. The van der Waals surface area contributed by atoms with Crippen LogP contribution in [0.2, 0.25) is 0 Å². The molecule has 5 nitrogen and oxygen atoms in total. The molecule has 0 radical (unpaired) electrons. The van der Waals surface area contributed by atoms with Crippen molar-refractivity contribution in [2.45, 2.75) is 26.7 Å². The van der Waals surface area contributed by atoms with Crippen molar-refractivity contribution in [3.05, 3.63) is 0 Å². The van der Waals surface area contributed by atoms with Gasteiger partial charge in [0.05, 0.1) is 0 Å². The fraction of sp³-hybridized carbons (Fsp3) is 1.00. The van der Waals surface area contributed by atoms with Gasteiger partial charge in [0.1, 0.15) is 0 Å². The van der Waals surface area contributed by atoms with Crippen LogP contribution in [-0.4, -0.2) is 57.8 Å². The van der Waals surface area contributed by atoms with Crippen LogP contribution in [0.25, 0.3) is 0 Å². The van der Waals surface area contributed by atoms with Crippen LogP contribution in [-0.2, 0) is 10.2 Å².